The van der Waals surface area contributed by atoms with Crippen molar-refractivity contribution in [3.05, 3.63) is 53.7 Å². The van der Waals surface area contributed by atoms with Crippen LogP contribution in [0.15, 0.2) is 42.6 Å². The quantitative estimate of drug-likeness (QED) is 0.562. The van der Waals surface area contributed by atoms with Gasteiger partial charge >= 0.3 is 6.09 Å². The van der Waals surface area contributed by atoms with Gasteiger partial charge in [-0.15, -0.1) is 0 Å². The van der Waals surface area contributed by atoms with Crippen LogP contribution >= 0.6 is 0 Å². The molecule has 2 aliphatic rings. The molecule has 3 heterocycles. The van der Waals surface area contributed by atoms with Crippen molar-refractivity contribution in [1.29, 1.82) is 0 Å². The summed E-state index contributed by atoms with van der Waals surface area (Å²) in [5.74, 6) is 0.646. The minimum atomic E-state index is -0.731. The van der Waals surface area contributed by atoms with Gasteiger partial charge in [0.05, 0.1) is 5.56 Å². The van der Waals surface area contributed by atoms with Crippen molar-refractivity contribution in [3.63, 3.8) is 0 Å². The molecule has 0 unspecified atom stereocenters. The molecule has 0 radical (unpaired) electrons. The van der Waals surface area contributed by atoms with Gasteiger partial charge in [0, 0.05) is 64.2 Å². The summed E-state index contributed by atoms with van der Waals surface area (Å²) in [4.78, 5) is 37.8. The van der Waals surface area contributed by atoms with Gasteiger partial charge in [0.15, 0.2) is 0 Å². The van der Waals surface area contributed by atoms with Crippen LogP contribution in [0.5, 0.6) is 0 Å². The van der Waals surface area contributed by atoms with Crippen molar-refractivity contribution in [3.8, 4) is 0 Å². The highest BCUT2D eigenvalue weighted by Crippen LogP contribution is 2.22. The van der Waals surface area contributed by atoms with Gasteiger partial charge in [0.1, 0.15) is 17.6 Å². The van der Waals surface area contributed by atoms with Crippen LogP contribution in [0.3, 0.4) is 0 Å². The molecule has 1 aromatic heterocycles. The fourth-order valence-electron chi connectivity index (χ4n) is 4.94. The third-order valence-corrected chi connectivity index (χ3v) is 7.12. The third-order valence-electron chi connectivity index (χ3n) is 7.12. The van der Waals surface area contributed by atoms with Crippen LogP contribution in [0.25, 0.3) is 0 Å². The smallest absolute Gasteiger partial charge is 0.410 e. The highest BCUT2D eigenvalue weighted by Gasteiger charge is 2.30. The second kappa shape index (κ2) is 11.7. The van der Waals surface area contributed by atoms with Gasteiger partial charge in [-0.2, -0.15) is 0 Å². The highest BCUT2D eigenvalue weighted by atomic mass is 19.1. The maximum Gasteiger partial charge on any atom is 0.410 e. The second-order valence-electron chi connectivity index (χ2n) is 11.4. The van der Waals surface area contributed by atoms with Crippen molar-refractivity contribution in [2.24, 2.45) is 0 Å². The SMILES string of the molecule is C[C@H]1CN(Cc2ccc(N(C)C(=O)c3ccc(N4CCC(F)CC4)nc3)cc2)CCN1C(=O)OC(C)(C)C. The Hall–Kier alpha value is -3.20. The van der Waals surface area contributed by atoms with Crippen molar-refractivity contribution in [1.82, 2.24) is 14.8 Å². The van der Waals surface area contributed by atoms with E-state index in [1.807, 2.05) is 58.0 Å². The zero-order chi connectivity index (χ0) is 27.4. The summed E-state index contributed by atoms with van der Waals surface area (Å²) in [7, 11) is 1.76. The van der Waals surface area contributed by atoms with E-state index in [-0.39, 0.29) is 18.0 Å². The molecule has 0 N–H and O–H groups in total. The van der Waals surface area contributed by atoms with Crippen LogP contribution in [0, 0.1) is 0 Å². The lowest BCUT2D eigenvalue weighted by Crippen LogP contribution is -2.54. The molecule has 1 aromatic carbocycles. The normalized spacial score (nSPS) is 19.4. The minimum absolute atomic E-state index is 0.0668. The molecule has 0 saturated carbocycles. The number of hydrogen-bond acceptors (Lipinski definition) is 6. The molecule has 0 aliphatic carbocycles. The molecule has 0 bridgehead atoms. The average molecular weight is 526 g/mol. The molecule has 38 heavy (non-hydrogen) atoms. The van der Waals surface area contributed by atoms with E-state index >= 15 is 0 Å². The number of hydrogen-bond donors (Lipinski definition) is 0. The first-order valence-corrected chi connectivity index (χ1v) is 13.4. The number of carbonyl (C=O) groups excluding carboxylic acids is 2. The molecule has 206 valence electrons. The molecule has 4 rings (SSSR count). The van der Waals surface area contributed by atoms with Crippen molar-refractivity contribution in [2.45, 2.75) is 64.9 Å². The number of piperidine rings is 1. The Morgan fingerprint density at radius 2 is 1.74 bits per heavy atom. The Morgan fingerprint density at radius 1 is 1.05 bits per heavy atom. The van der Waals surface area contributed by atoms with Gasteiger partial charge in [-0.05, 0) is 70.4 Å². The number of rotatable bonds is 5. The first-order chi connectivity index (χ1) is 18.0. The van der Waals surface area contributed by atoms with Crippen molar-refractivity contribution < 1.29 is 18.7 Å². The van der Waals surface area contributed by atoms with Crippen LogP contribution in [-0.2, 0) is 11.3 Å². The summed E-state index contributed by atoms with van der Waals surface area (Å²) in [6.07, 6.45) is 1.64. The number of ether oxygens (including phenoxy) is 1. The van der Waals surface area contributed by atoms with Crippen LogP contribution < -0.4 is 9.80 Å². The number of benzene rings is 1. The largest absolute Gasteiger partial charge is 0.444 e. The molecule has 8 nitrogen and oxygen atoms in total. The number of piperazine rings is 1. The number of alkyl halides is 1. The first kappa shape index (κ1) is 27.8. The maximum absolute atomic E-state index is 13.4. The fraction of sp³-hybridized carbons (Fsp3) is 0.552. The summed E-state index contributed by atoms with van der Waals surface area (Å²) in [6, 6.07) is 11.7. The molecule has 2 saturated heterocycles. The summed E-state index contributed by atoms with van der Waals surface area (Å²) in [5.41, 5.74) is 1.96. The van der Waals surface area contributed by atoms with E-state index in [1.54, 1.807) is 29.1 Å². The Balaban J connectivity index is 1.30. The Labute approximate surface area is 225 Å². The van der Waals surface area contributed by atoms with Crippen molar-refractivity contribution in [2.75, 3.05) is 49.6 Å². The summed E-state index contributed by atoms with van der Waals surface area (Å²) in [5, 5.41) is 0. The average Bonchev–Trinajstić information content (AvgIpc) is 2.88. The lowest BCUT2D eigenvalue weighted by Gasteiger charge is -2.40. The van der Waals surface area contributed by atoms with Crippen LogP contribution in [0.1, 0.15) is 56.5 Å². The summed E-state index contributed by atoms with van der Waals surface area (Å²) < 4.78 is 19.0. The number of carbonyl (C=O) groups is 2. The van der Waals surface area contributed by atoms with Gasteiger partial charge in [0.2, 0.25) is 0 Å². The molecule has 2 fully saturated rings. The van der Waals surface area contributed by atoms with E-state index in [0.717, 1.165) is 36.7 Å². The predicted molar refractivity (Wildman–Crippen MR) is 147 cm³/mol. The van der Waals surface area contributed by atoms with E-state index in [9.17, 15) is 14.0 Å². The van der Waals surface area contributed by atoms with Crippen LogP contribution in [0.2, 0.25) is 0 Å². The van der Waals surface area contributed by atoms with Gasteiger partial charge in [-0.25, -0.2) is 14.2 Å². The van der Waals surface area contributed by atoms with E-state index in [2.05, 4.69) is 14.8 Å². The van der Waals surface area contributed by atoms with Gasteiger partial charge < -0.3 is 19.4 Å². The zero-order valence-electron chi connectivity index (χ0n) is 23.2. The van der Waals surface area contributed by atoms with Crippen LogP contribution in [-0.4, -0.2) is 84.4 Å². The van der Waals surface area contributed by atoms with E-state index < -0.39 is 11.8 Å². The number of aromatic nitrogens is 1. The topological polar surface area (TPSA) is 69.2 Å². The van der Waals surface area contributed by atoms with E-state index in [4.69, 9.17) is 4.74 Å². The minimum Gasteiger partial charge on any atom is -0.444 e. The highest BCUT2D eigenvalue weighted by molar-refractivity contribution is 6.05. The number of anilines is 2. The predicted octanol–water partition coefficient (Wildman–Crippen LogP) is 4.74. The molecule has 0 spiro atoms. The molecule has 9 heteroatoms. The number of nitrogens with zero attached hydrogens (tertiary/aromatic N) is 5. The lowest BCUT2D eigenvalue weighted by atomic mass is 10.1. The fourth-order valence-corrected chi connectivity index (χ4v) is 4.94. The third kappa shape index (κ3) is 7.01. The van der Waals surface area contributed by atoms with E-state index in [1.165, 1.54) is 0 Å². The molecule has 2 aliphatic heterocycles. The van der Waals surface area contributed by atoms with Gasteiger partial charge in [-0.3, -0.25) is 9.69 Å². The summed E-state index contributed by atoms with van der Waals surface area (Å²) >= 11 is 0. The first-order valence-electron chi connectivity index (χ1n) is 13.4. The number of halogens is 1. The molecular formula is C29H40FN5O3. The zero-order valence-corrected chi connectivity index (χ0v) is 23.2. The second-order valence-corrected chi connectivity index (χ2v) is 11.4. The number of amides is 2. The van der Waals surface area contributed by atoms with E-state index in [0.29, 0.717) is 38.0 Å². The van der Waals surface area contributed by atoms with Gasteiger partial charge in [0.25, 0.3) is 5.91 Å². The molecule has 2 amide bonds. The monoisotopic (exact) mass is 525 g/mol. The molecule has 1 atom stereocenters. The Morgan fingerprint density at radius 3 is 2.32 bits per heavy atom. The lowest BCUT2D eigenvalue weighted by molar-refractivity contribution is 0.000550. The number of pyridine rings is 1. The summed E-state index contributed by atoms with van der Waals surface area (Å²) in [6.45, 7) is 11.9. The molecular weight excluding hydrogens is 485 g/mol. The van der Waals surface area contributed by atoms with Crippen LogP contribution in [0.4, 0.5) is 20.7 Å². The molecule has 2 aromatic rings. The Kier molecular flexibility index (Phi) is 8.55. The maximum atomic E-state index is 13.4. The van der Waals surface area contributed by atoms with Gasteiger partial charge in [-0.1, -0.05) is 12.1 Å². The Bertz CT molecular complexity index is 1090. The van der Waals surface area contributed by atoms with Crippen molar-refractivity contribution >= 4 is 23.5 Å². The standard InChI is InChI=1S/C29H40FN5O3/c1-21-19-33(16-17-35(21)28(37)38-29(2,3)4)20-22-6-9-25(10-7-22)32(5)27(36)23-8-11-26(31-18-23)34-14-12-24(30)13-15-34/h6-11,18,21,24H,12-17,19-20H2,1-5H3/t21-/m0/s1.